The molecule has 0 aromatic rings. The molecular formula is C6H9F4N. The third kappa shape index (κ3) is 2.65. The van der Waals surface area contributed by atoms with Gasteiger partial charge in [-0.15, -0.1) is 0 Å². The highest BCUT2D eigenvalue weighted by molar-refractivity contribution is 4.86. The molecule has 1 aliphatic heterocycles. The molecule has 1 saturated heterocycles. The van der Waals surface area contributed by atoms with Crippen molar-refractivity contribution >= 4 is 0 Å². The number of likely N-dealkylation sites (tertiary alicyclic amines) is 1. The lowest BCUT2D eigenvalue weighted by molar-refractivity contribution is -0.133. The standard InChI is InChI=1S/C6H9F4N/c7-5(8)1-2-11-3-6(9,10)4-11/h5H,1-4H2. The van der Waals surface area contributed by atoms with E-state index < -0.39 is 12.3 Å². The van der Waals surface area contributed by atoms with Crippen LogP contribution in [0.3, 0.4) is 0 Å². The fraction of sp³-hybridized carbons (Fsp3) is 1.00. The Kier molecular flexibility index (Phi) is 2.37. The van der Waals surface area contributed by atoms with Gasteiger partial charge in [-0.3, -0.25) is 4.90 Å². The van der Waals surface area contributed by atoms with E-state index in [1.54, 1.807) is 0 Å². The SMILES string of the molecule is FC(F)CCN1CC(F)(F)C1. The zero-order chi connectivity index (χ0) is 8.48. The fourth-order valence-electron chi connectivity index (χ4n) is 1.05. The lowest BCUT2D eigenvalue weighted by Gasteiger charge is -2.38. The van der Waals surface area contributed by atoms with Gasteiger partial charge < -0.3 is 0 Å². The van der Waals surface area contributed by atoms with Crippen molar-refractivity contribution in [3.8, 4) is 0 Å². The smallest absolute Gasteiger partial charge is 0.272 e. The summed E-state index contributed by atoms with van der Waals surface area (Å²) in [5.41, 5.74) is 0. The molecule has 1 rings (SSSR count). The normalized spacial score (nSPS) is 23.7. The van der Waals surface area contributed by atoms with Crippen molar-refractivity contribution in [1.29, 1.82) is 0 Å². The van der Waals surface area contributed by atoms with E-state index in [9.17, 15) is 17.6 Å². The van der Waals surface area contributed by atoms with Crippen LogP contribution < -0.4 is 0 Å². The first-order valence-electron chi connectivity index (χ1n) is 3.38. The largest absolute Gasteiger partial charge is 0.291 e. The Bertz CT molecular complexity index is 129. The molecule has 11 heavy (non-hydrogen) atoms. The van der Waals surface area contributed by atoms with Crippen LogP contribution in [0, 0.1) is 0 Å². The van der Waals surface area contributed by atoms with Crippen LogP contribution in [0.5, 0.6) is 0 Å². The molecular weight excluding hydrogens is 162 g/mol. The number of alkyl halides is 4. The summed E-state index contributed by atoms with van der Waals surface area (Å²) < 4.78 is 47.2. The Labute approximate surface area is 62.0 Å². The molecule has 0 aromatic heterocycles. The molecule has 0 unspecified atom stereocenters. The van der Waals surface area contributed by atoms with Crippen molar-refractivity contribution in [2.24, 2.45) is 0 Å². The first-order chi connectivity index (χ1) is 4.99. The summed E-state index contributed by atoms with van der Waals surface area (Å²) >= 11 is 0. The van der Waals surface area contributed by atoms with E-state index in [1.165, 1.54) is 4.90 Å². The Morgan fingerprint density at radius 3 is 2.18 bits per heavy atom. The molecule has 1 fully saturated rings. The van der Waals surface area contributed by atoms with E-state index >= 15 is 0 Å². The second kappa shape index (κ2) is 2.97. The van der Waals surface area contributed by atoms with Gasteiger partial charge in [0.1, 0.15) is 0 Å². The second-order valence-corrected chi connectivity index (χ2v) is 2.75. The molecule has 0 aliphatic carbocycles. The van der Waals surface area contributed by atoms with Crippen LogP contribution in [0.4, 0.5) is 17.6 Å². The van der Waals surface area contributed by atoms with Crippen LogP contribution in [0.2, 0.25) is 0 Å². The van der Waals surface area contributed by atoms with Crippen LogP contribution in [0.1, 0.15) is 6.42 Å². The molecule has 0 spiro atoms. The molecule has 0 saturated carbocycles. The van der Waals surface area contributed by atoms with E-state index in [4.69, 9.17) is 0 Å². The van der Waals surface area contributed by atoms with Gasteiger partial charge in [-0.1, -0.05) is 0 Å². The molecule has 0 amide bonds. The lowest BCUT2D eigenvalue weighted by atomic mass is 10.1. The van der Waals surface area contributed by atoms with Gasteiger partial charge in [-0.25, -0.2) is 17.6 Å². The van der Waals surface area contributed by atoms with Gasteiger partial charge in [0.05, 0.1) is 13.1 Å². The minimum absolute atomic E-state index is 0.0766. The van der Waals surface area contributed by atoms with E-state index in [0.717, 1.165) is 0 Å². The molecule has 0 radical (unpaired) electrons. The number of halogens is 4. The molecule has 0 bridgehead atoms. The quantitative estimate of drug-likeness (QED) is 0.583. The first kappa shape index (κ1) is 8.77. The van der Waals surface area contributed by atoms with Crippen molar-refractivity contribution in [1.82, 2.24) is 4.90 Å². The molecule has 1 nitrogen and oxygen atoms in total. The molecule has 0 N–H and O–H groups in total. The summed E-state index contributed by atoms with van der Waals surface area (Å²) in [6.07, 6.45) is -2.69. The molecule has 1 heterocycles. The Balaban J connectivity index is 2.05. The topological polar surface area (TPSA) is 3.24 Å². The first-order valence-corrected chi connectivity index (χ1v) is 3.38. The van der Waals surface area contributed by atoms with Gasteiger partial charge in [0.15, 0.2) is 0 Å². The van der Waals surface area contributed by atoms with Crippen molar-refractivity contribution in [3.63, 3.8) is 0 Å². The number of nitrogens with zero attached hydrogens (tertiary/aromatic N) is 1. The summed E-state index contributed by atoms with van der Waals surface area (Å²) in [6, 6.07) is 0. The Morgan fingerprint density at radius 1 is 1.27 bits per heavy atom. The van der Waals surface area contributed by atoms with Gasteiger partial charge in [-0.05, 0) is 0 Å². The maximum Gasteiger partial charge on any atom is 0.272 e. The van der Waals surface area contributed by atoms with E-state index in [1.807, 2.05) is 0 Å². The van der Waals surface area contributed by atoms with Gasteiger partial charge in [0.2, 0.25) is 6.43 Å². The summed E-state index contributed by atoms with van der Waals surface area (Å²) in [5.74, 6) is -2.64. The lowest BCUT2D eigenvalue weighted by Crippen LogP contribution is -2.56. The minimum atomic E-state index is -2.64. The van der Waals surface area contributed by atoms with Gasteiger partial charge in [0, 0.05) is 13.0 Å². The average molecular weight is 171 g/mol. The van der Waals surface area contributed by atoms with Crippen LogP contribution in [-0.2, 0) is 0 Å². The second-order valence-electron chi connectivity index (χ2n) is 2.75. The monoisotopic (exact) mass is 171 g/mol. The molecule has 5 heteroatoms. The predicted molar refractivity (Wildman–Crippen MR) is 32.0 cm³/mol. The fourth-order valence-corrected chi connectivity index (χ4v) is 1.05. The Hall–Kier alpha value is -0.320. The summed E-state index contributed by atoms with van der Waals surface area (Å²) in [5, 5.41) is 0. The molecule has 0 aromatic carbocycles. The van der Waals surface area contributed by atoms with Gasteiger partial charge >= 0.3 is 0 Å². The van der Waals surface area contributed by atoms with Crippen LogP contribution in [0.25, 0.3) is 0 Å². The molecule has 0 atom stereocenters. The van der Waals surface area contributed by atoms with Crippen molar-refractivity contribution < 1.29 is 17.6 Å². The highest BCUT2D eigenvalue weighted by Gasteiger charge is 2.43. The predicted octanol–water partition coefficient (Wildman–Crippen LogP) is 1.59. The Morgan fingerprint density at radius 2 is 1.82 bits per heavy atom. The van der Waals surface area contributed by atoms with Crippen molar-refractivity contribution in [2.75, 3.05) is 19.6 Å². The summed E-state index contributed by atoms with van der Waals surface area (Å²) in [7, 11) is 0. The van der Waals surface area contributed by atoms with Crippen LogP contribution in [-0.4, -0.2) is 36.9 Å². The maximum absolute atomic E-state index is 12.1. The summed E-state index contributed by atoms with van der Waals surface area (Å²) in [6.45, 7) is -0.646. The van der Waals surface area contributed by atoms with E-state index in [2.05, 4.69) is 0 Å². The zero-order valence-electron chi connectivity index (χ0n) is 5.86. The number of hydrogen-bond donors (Lipinski definition) is 0. The van der Waals surface area contributed by atoms with Crippen LogP contribution in [0.15, 0.2) is 0 Å². The van der Waals surface area contributed by atoms with Gasteiger partial charge in [-0.2, -0.15) is 0 Å². The van der Waals surface area contributed by atoms with E-state index in [-0.39, 0.29) is 26.1 Å². The van der Waals surface area contributed by atoms with Gasteiger partial charge in [0.25, 0.3) is 5.92 Å². The third-order valence-corrected chi connectivity index (χ3v) is 1.57. The van der Waals surface area contributed by atoms with Crippen molar-refractivity contribution in [3.05, 3.63) is 0 Å². The highest BCUT2D eigenvalue weighted by Crippen LogP contribution is 2.26. The van der Waals surface area contributed by atoms with Crippen LogP contribution >= 0.6 is 0 Å². The molecule has 66 valence electrons. The average Bonchev–Trinajstić information content (AvgIpc) is 1.78. The maximum atomic E-state index is 12.1. The summed E-state index contributed by atoms with van der Waals surface area (Å²) in [4.78, 5) is 1.33. The third-order valence-electron chi connectivity index (χ3n) is 1.57. The highest BCUT2D eigenvalue weighted by atomic mass is 19.3. The van der Waals surface area contributed by atoms with Crippen molar-refractivity contribution in [2.45, 2.75) is 18.8 Å². The van der Waals surface area contributed by atoms with E-state index in [0.29, 0.717) is 0 Å². The number of rotatable bonds is 3. The number of hydrogen-bond acceptors (Lipinski definition) is 1. The molecule has 1 aliphatic rings. The minimum Gasteiger partial charge on any atom is -0.291 e. The zero-order valence-corrected chi connectivity index (χ0v) is 5.86.